The van der Waals surface area contributed by atoms with E-state index in [1.165, 1.54) is 94.0 Å². The van der Waals surface area contributed by atoms with Gasteiger partial charge >= 0.3 is 0 Å². The highest BCUT2D eigenvalue weighted by atomic mass is 15.2. The molecule has 0 saturated carbocycles. The van der Waals surface area contributed by atoms with Crippen molar-refractivity contribution in [2.24, 2.45) is 33.7 Å². The van der Waals surface area contributed by atoms with Crippen molar-refractivity contribution in [3.63, 3.8) is 0 Å². The van der Waals surface area contributed by atoms with Crippen LogP contribution in [0.2, 0.25) is 0 Å². The van der Waals surface area contributed by atoms with Gasteiger partial charge in [0.05, 0.1) is 16.7 Å². The third-order valence-electron chi connectivity index (χ3n) is 16.4. The number of benzene rings is 6. The normalized spacial score (nSPS) is 24.3. The highest BCUT2D eigenvalue weighted by Crippen LogP contribution is 2.54. The Morgan fingerprint density at radius 2 is 1.36 bits per heavy atom. The van der Waals surface area contributed by atoms with Crippen LogP contribution in [-0.4, -0.2) is 22.4 Å². The Kier molecular flexibility index (Phi) is 8.99. The molecular formula is C65H51N5. The van der Waals surface area contributed by atoms with Gasteiger partial charge in [-0.1, -0.05) is 158 Å². The number of allylic oxidation sites excluding steroid dienone is 18. The van der Waals surface area contributed by atoms with Crippen molar-refractivity contribution in [2.45, 2.75) is 44.7 Å². The minimum absolute atomic E-state index is 0.215. The second-order valence-electron chi connectivity index (χ2n) is 20.2. The fourth-order valence-electron chi connectivity index (χ4n) is 13.3. The molecule has 0 spiro atoms. The van der Waals surface area contributed by atoms with Crippen LogP contribution in [0.25, 0.3) is 49.0 Å². The molecule has 5 nitrogen and oxygen atoms in total. The summed E-state index contributed by atoms with van der Waals surface area (Å²) in [4.78, 5) is 13.5. The lowest BCUT2D eigenvalue weighted by Gasteiger charge is -2.38. The number of rotatable bonds is 5. The lowest BCUT2D eigenvalue weighted by molar-refractivity contribution is 0.486. The Morgan fingerprint density at radius 3 is 2.24 bits per heavy atom. The van der Waals surface area contributed by atoms with Crippen molar-refractivity contribution in [1.82, 2.24) is 9.88 Å². The lowest BCUT2D eigenvalue weighted by atomic mass is 9.70. The molecule has 5 atom stereocenters. The summed E-state index contributed by atoms with van der Waals surface area (Å²) in [6.07, 6.45) is 34.7. The van der Waals surface area contributed by atoms with Crippen LogP contribution in [0.1, 0.15) is 49.7 Å². The molecule has 6 aromatic carbocycles. The molecule has 7 aromatic rings. The third-order valence-corrected chi connectivity index (χ3v) is 16.4. The molecule has 3 heterocycles. The largest absolute Gasteiger partial charge is 0.344 e. The summed E-state index contributed by atoms with van der Waals surface area (Å²) in [7, 11) is 0. The summed E-state index contributed by atoms with van der Waals surface area (Å²) in [5.41, 5.74) is 17.1. The number of aliphatic imine (C=N–C) groups is 2. The minimum Gasteiger partial charge on any atom is -0.344 e. The van der Waals surface area contributed by atoms with Crippen molar-refractivity contribution in [3.05, 3.63) is 251 Å². The average molecular weight is 902 g/mol. The molecule has 0 radical (unpaired) electrons. The number of para-hydroxylation sites is 1. The van der Waals surface area contributed by atoms with E-state index in [1.807, 2.05) is 0 Å². The van der Waals surface area contributed by atoms with Crippen LogP contribution in [-0.2, 0) is 0 Å². The van der Waals surface area contributed by atoms with E-state index in [0.29, 0.717) is 17.8 Å². The topological polar surface area (TPSA) is 44.9 Å². The van der Waals surface area contributed by atoms with E-state index in [2.05, 4.69) is 215 Å². The van der Waals surface area contributed by atoms with E-state index in [0.717, 1.165) is 61.3 Å². The zero-order valence-electron chi connectivity index (χ0n) is 39.0. The molecule has 5 unspecified atom stereocenters. The van der Waals surface area contributed by atoms with Gasteiger partial charge in [-0.25, -0.2) is 9.98 Å². The molecule has 0 bridgehead atoms. The van der Waals surface area contributed by atoms with Crippen molar-refractivity contribution in [3.8, 4) is 0 Å². The van der Waals surface area contributed by atoms with Crippen LogP contribution in [0.4, 0.5) is 5.69 Å². The first-order valence-corrected chi connectivity index (χ1v) is 25.4. The first-order chi connectivity index (χ1) is 34.7. The number of nitrogens with zero attached hydrogens (tertiary/aromatic N) is 4. The number of anilines is 1. The molecule has 0 fully saturated rings. The van der Waals surface area contributed by atoms with Gasteiger partial charge in [0.2, 0.25) is 0 Å². The summed E-state index contributed by atoms with van der Waals surface area (Å²) in [5, 5.41) is 11.5. The molecule has 1 N–H and O–H groups in total. The van der Waals surface area contributed by atoms with E-state index in [4.69, 9.17) is 9.98 Å². The van der Waals surface area contributed by atoms with Gasteiger partial charge in [-0.3, -0.25) is 0 Å². The quantitative estimate of drug-likeness (QED) is 0.187. The summed E-state index contributed by atoms with van der Waals surface area (Å²) >= 11 is 0. The van der Waals surface area contributed by atoms with Gasteiger partial charge < -0.3 is 14.8 Å². The number of hydrogen-bond acceptors (Lipinski definition) is 4. The SMILES string of the molecule is C1=CC2C(C3N=C(c4ccccc4)N=C(c4ccc(N5C6=CC7=C(n8c9ccccc9c9cc%10ccccc%10cc98)C=CCC7CC6C6=C5CCC=C6)c5ccccc45)N3)=CC3=C(C=CCC3)C2C=C1. The number of amidine groups is 2. The van der Waals surface area contributed by atoms with E-state index in [9.17, 15) is 0 Å². The van der Waals surface area contributed by atoms with E-state index in [1.54, 1.807) is 0 Å². The second-order valence-corrected chi connectivity index (χ2v) is 20.2. The van der Waals surface area contributed by atoms with Gasteiger partial charge in [-0.2, -0.15) is 0 Å². The Bertz CT molecular complexity index is 3830. The van der Waals surface area contributed by atoms with E-state index >= 15 is 0 Å². The molecular weight excluding hydrogens is 851 g/mol. The molecule has 70 heavy (non-hydrogen) atoms. The number of fused-ring (bicyclic) bond motifs is 10. The van der Waals surface area contributed by atoms with Crippen LogP contribution in [0.3, 0.4) is 0 Å². The first-order valence-electron chi connectivity index (χ1n) is 25.4. The molecule has 0 saturated heterocycles. The van der Waals surface area contributed by atoms with Gasteiger partial charge in [0.15, 0.2) is 5.84 Å². The first kappa shape index (κ1) is 39.9. The predicted molar refractivity (Wildman–Crippen MR) is 291 cm³/mol. The summed E-state index contributed by atoms with van der Waals surface area (Å²) in [6.45, 7) is 0. The average Bonchev–Trinajstić information content (AvgIpc) is 3.92. The molecule has 5 heteroatoms. The zero-order chi connectivity index (χ0) is 45.9. The maximum absolute atomic E-state index is 5.45. The fourth-order valence-corrected chi connectivity index (χ4v) is 13.3. The maximum atomic E-state index is 5.45. The minimum atomic E-state index is -0.272. The van der Waals surface area contributed by atoms with E-state index < -0.39 is 0 Å². The molecule has 8 aliphatic rings. The standard InChI is InChI=1S/C65H51N5/c1-2-17-40(18-3-1)63-66-64(68-65(67-63)56-37-43-21-6-7-23-45(43)46-24-8-9-25-47(46)56)52-33-34-60(49-27-11-10-26-48(49)52)70-58-31-15-13-29-51(58)55-36-44-22-16-32-59(53(44)39-62(55)70)69-57-30-14-12-28-50(57)54-35-41-19-4-5-20-42(41)38-61(54)69/h1-5,7-14,16-20,23-30,32-35,37-39,44,46-47,55,65H,6,15,21-22,31,36H2,(H,66,67,68). The summed E-state index contributed by atoms with van der Waals surface area (Å²) < 4.78 is 2.56. The molecule has 1 aromatic heterocycles. The highest BCUT2D eigenvalue weighted by molar-refractivity contribution is 6.19. The van der Waals surface area contributed by atoms with Crippen LogP contribution in [0.5, 0.6) is 0 Å². The highest BCUT2D eigenvalue weighted by Gasteiger charge is 2.43. The fraction of sp³-hybridized carbons (Fsp3) is 0.169. The number of hydrogen-bond donors (Lipinski definition) is 1. The van der Waals surface area contributed by atoms with Crippen LogP contribution in [0.15, 0.2) is 250 Å². The van der Waals surface area contributed by atoms with E-state index in [-0.39, 0.29) is 12.1 Å². The second kappa shape index (κ2) is 15.8. The Labute approximate surface area is 408 Å². The number of aromatic nitrogens is 1. The van der Waals surface area contributed by atoms with Crippen molar-refractivity contribution in [2.75, 3.05) is 4.90 Å². The van der Waals surface area contributed by atoms with Crippen LogP contribution < -0.4 is 10.2 Å². The molecule has 2 aliphatic heterocycles. The maximum Gasteiger partial charge on any atom is 0.159 e. The summed E-state index contributed by atoms with van der Waals surface area (Å²) in [5.74, 6) is 2.89. The molecule has 336 valence electrons. The number of nitrogens with one attached hydrogen (secondary N) is 1. The van der Waals surface area contributed by atoms with Crippen molar-refractivity contribution < 1.29 is 0 Å². The Morgan fingerprint density at radius 1 is 0.600 bits per heavy atom. The van der Waals surface area contributed by atoms with Crippen LogP contribution >= 0.6 is 0 Å². The van der Waals surface area contributed by atoms with Crippen molar-refractivity contribution >= 4 is 66.4 Å². The zero-order valence-corrected chi connectivity index (χ0v) is 39.0. The molecule has 6 aliphatic carbocycles. The Hall–Kier alpha value is -8.02. The van der Waals surface area contributed by atoms with Gasteiger partial charge in [0, 0.05) is 62.1 Å². The molecule has 15 rings (SSSR count). The molecule has 0 amide bonds. The van der Waals surface area contributed by atoms with Gasteiger partial charge in [0.1, 0.15) is 12.0 Å². The third kappa shape index (κ3) is 6.10. The van der Waals surface area contributed by atoms with Crippen LogP contribution in [0, 0.1) is 23.7 Å². The van der Waals surface area contributed by atoms with Gasteiger partial charge in [-0.15, -0.1) is 0 Å². The van der Waals surface area contributed by atoms with Gasteiger partial charge in [-0.05, 0) is 131 Å². The van der Waals surface area contributed by atoms with Crippen molar-refractivity contribution in [1.29, 1.82) is 0 Å². The summed E-state index contributed by atoms with van der Waals surface area (Å²) in [6, 6.07) is 46.8. The monoisotopic (exact) mass is 901 g/mol. The smallest absolute Gasteiger partial charge is 0.159 e. The predicted octanol–water partition coefficient (Wildman–Crippen LogP) is 15.0. The van der Waals surface area contributed by atoms with Gasteiger partial charge in [0.25, 0.3) is 0 Å². The Balaban J connectivity index is 0.882. The lowest BCUT2D eigenvalue weighted by Crippen LogP contribution is -2.43.